The van der Waals surface area contributed by atoms with Crippen LogP contribution in [0.25, 0.3) is 0 Å². The molecule has 3 rings (SSSR count). The molecule has 110 valence electrons. The lowest BCUT2D eigenvalue weighted by molar-refractivity contribution is 0.0853. The zero-order valence-electron chi connectivity index (χ0n) is 11.4. The number of ether oxygens (including phenoxy) is 2. The van der Waals surface area contributed by atoms with Gasteiger partial charge in [-0.2, -0.15) is 0 Å². The zero-order valence-corrected chi connectivity index (χ0v) is 11.4. The highest BCUT2D eigenvalue weighted by Gasteiger charge is 2.34. The quantitative estimate of drug-likeness (QED) is 0.925. The molecule has 0 radical (unpaired) electrons. The van der Waals surface area contributed by atoms with Crippen LogP contribution in [0.15, 0.2) is 18.2 Å². The number of benzene rings is 1. The van der Waals surface area contributed by atoms with Crippen molar-refractivity contribution >= 4 is 0 Å². The maximum Gasteiger partial charge on any atom is 0.159 e. The van der Waals surface area contributed by atoms with Gasteiger partial charge in [0.15, 0.2) is 11.6 Å². The third-order valence-corrected chi connectivity index (χ3v) is 4.17. The van der Waals surface area contributed by atoms with Crippen LogP contribution >= 0.6 is 0 Å². The van der Waals surface area contributed by atoms with Crippen LogP contribution in [0.5, 0.6) is 0 Å². The highest BCUT2D eigenvalue weighted by atomic mass is 19.2. The Kier molecular flexibility index (Phi) is 4.01. The van der Waals surface area contributed by atoms with E-state index in [0.717, 1.165) is 25.5 Å². The Morgan fingerprint density at radius 2 is 1.80 bits per heavy atom. The normalized spacial score (nSPS) is 33.8. The van der Waals surface area contributed by atoms with E-state index in [-0.39, 0.29) is 18.2 Å². The summed E-state index contributed by atoms with van der Waals surface area (Å²) in [6, 6.07) is 4.40. The summed E-state index contributed by atoms with van der Waals surface area (Å²) in [6.07, 6.45) is 1.80. The smallest absolute Gasteiger partial charge is 0.159 e. The lowest BCUT2D eigenvalue weighted by Crippen LogP contribution is -2.43. The zero-order chi connectivity index (χ0) is 14.1. The Morgan fingerprint density at radius 3 is 2.50 bits per heavy atom. The number of nitrogens with one attached hydrogen (secondary N) is 1. The van der Waals surface area contributed by atoms with E-state index in [9.17, 15) is 8.78 Å². The fourth-order valence-corrected chi connectivity index (χ4v) is 3.00. The van der Waals surface area contributed by atoms with Gasteiger partial charge in [-0.25, -0.2) is 8.78 Å². The fraction of sp³-hybridized carbons (Fsp3) is 0.600. The van der Waals surface area contributed by atoms with Crippen LogP contribution in [-0.4, -0.2) is 31.4 Å². The molecule has 0 aromatic heterocycles. The molecular weight excluding hydrogens is 264 g/mol. The van der Waals surface area contributed by atoms with Gasteiger partial charge in [0.1, 0.15) is 0 Å². The lowest BCUT2D eigenvalue weighted by Gasteiger charge is -2.25. The second-order valence-electron chi connectivity index (χ2n) is 5.50. The molecule has 2 heterocycles. The maximum absolute atomic E-state index is 13.4. The first-order valence-electron chi connectivity index (χ1n) is 7.09. The van der Waals surface area contributed by atoms with E-state index >= 15 is 0 Å². The minimum absolute atomic E-state index is 0.119. The summed E-state index contributed by atoms with van der Waals surface area (Å²) in [7, 11) is 0. The topological polar surface area (TPSA) is 30.5 Å². The molecule has 0 amide bonds. The second-order valence-corrected chi connectivity index (χ2v) is 5.50. The molecule has 2 fully saturated rings. The van der Waals surface area contributed by atoms with Crippen molar-refractivity contribution < 1.29 is 18.3 Å². The van der Waals surface area contributed by atoms with Crippen LogP contribution in [0.2, 0.25) is 0 Å². The molecule has 0 aliphatic carbocycles. The number of hydrogen-bond donors (Lipinski definition) is 1. The molecule has 1 aromatic rings. The minimum Gasteiger partial charge on any atom is -0.377 e. The Balaban J connectivity index is 1.73. The monoisotopic (exact) mass is 283 g/mol. The van der Waals surface area contributed by atoms with Gasteiger partial charge in [0.2, 0.25) is 0 Å². The third-order valence-electron chi connectivity index (χ3n) is 4.17. The maximum atomic E-state index is 13.4. The van der Waals surface area contributed by atoms with Gasteiger partial charge in [-0.05, 0) is 37.5 Å². The predicted octanol–water partition coefficient (Wildman–Crippen LogP) is 2.56. The summed E-state index contributed by atoms with van der Waals surface area (Å²) >= 11 is 0. The van der Waals surface area contributed by atoms with Crippen LogP contribution in [0.4, 0.5) is 8.78 Å². The largest absolute Gasteiger partial charge is 0.377 e. The van der Waals surface area contributed by atoms with E-state index in [2.05, 4.69) is 5.32 Å². The molecule has 1 N–H and O–H groups in total. The highest BCUT2D eigenvalue weighted by Crippen LogP contribution is 2.31. The summed E-state index contributed by atoms with van der Waals surface area (Å²) < 4.78 is 37.6. The van der Waals surface area contributed by atoms with Gasteiger partial charge in [-0.15, -0.1) is 0 Å². The summed E-state index contributed by atoms with van der Waals surface area (Å²) in [4.78, 5) is 0. The Morgan fingerprint density at radius 1 is 1.05 bits per heavy atom. The van der Waals surface area contributed by atoms with Crippen molar-refractivity contribution in [1.82, 2.24) is 5.32 Å². The second kappa shape index (κ2) is 5.76. The molecule has 0 bridgehead atoms. The molecule has 2 aliphatic rings. The first kappa shape index (κ1) is 13.9. The number of rotatable bonds is 3. The van der Waals surface area contributed by atoms with Crippen molar-refractivity contribution in [3.8, 4) is 0 Å². The van der Waals surface area contributed by atoms with E-state index in [0.29, 0.717) is 18.2 Å². The molecule has 2 aliphatic heterocycles. The van der Waals surface area contributed by atoms with Crippen molar-refractivity contribution in [3.63, 3.8) is 0 Å². The average molecular weight is 283 g/mol. The molecule has 0 spiro atoms. The van der Waals surface area contributed by atoms with Gasteiger partial charge in [0.05, 0.1) is 12.2 Å². The van der Waals surface area contributed by atoms with Gasteiger partial charge >= 0.3 is 0 Å². The molecule has 20 heavy (non-hydrogen) atoms. The van der Waals surface area contributed by atoms with Gasteiger partial charge in [0, 0.05) is 25.3 Å². The van der Waals surface area contributed by atoms with Crippen molar-refractivity contribution in [1.29, 1.82) is 0 Å². The van der Waals surface area contributed by atoms with Crippen LogP contribution < -0.4 is 5.32 Å². The summed E-state index contributed by atoms with van der Waals surface area (Å²) in [6.45, 7) is 3.44. The van der Waals surface area contributed by atoms with E-state index in [1.165, 1.54) is 6.07 Å². The molecule has 4 atom stereocenters. The van der Waals surface area contributed by atoms with Crippen molar-refractivity contribution in [2.24, 2.45) is 0 Å². The summed E-state index contributed by atoms with van der Waals surface area (Å²) in [5, 5.41) is 3.54. The Labute approximate surface area is 117 Å². The lowest BCUT2D eigenvalue weighted by atomic mass is 10.00. The SMILES string of the molecule is C[C@@H]1OCC[C@@H]1N[C@H]1CCO[C@@H]1c1ccc(F)c(F)c1. The van der Waals surface area contributed by atoms with E-state index in [1.807, 2.05) is 6.92 Å². The molecule has 1 aromatic carbocycles. The predicted molar refractivity (Wildman–Crippen MR) is 70.4 cm³/mol. The molecule has 0 saturated carbocycles. The van der Waals surface area contributed by atoms with E-state index < -0.39 is 11.6 Å². The highest BCUT2D eigenvalue weighted by molar-refractivity contribution is 5.22. The van der Waals surface area contributed by atoms with Gasteiger partial charge in [-0.1, -0.05) is 6.07 Å². The van der Waals surface area contributed by atoms with E-state index in [4.69, 9.17) is 9.47 Å². The first-order chi connectivity index (χ1) is 9.65. The van der Waals surface area contributed by atoms with E-state index in [1.54, 1.807) is 6.07 Å². The van der Waals surface area contributed by atoms with Crippen LogP contribution in [0.1, 0.15) is 31.4 Å². The van der Waals surface area contributed by atoms with Gasteiger partial charge < -0.3 is 14.8 Å². The van der Waals surface area contributed by atoms with Crippen molar-refractivity contribution in [2.75, 3.05) is 13.2 Å². The number of halogens is 2. The fourth-order valence-electron chi connectivity index (χ4n) is 3.00. The van der Waals surface area contributed by atoms with Crippen molar-refractivity contribution in [2.45, 2.75) is 44.1 Å². The molecule has 3 nitrogen and oxygen atoms in total. The Hall–Kier alpha value is -1.04. The summed E-state index contributed by atoms with van der Waals surface area (Å²) in [5.74, 6) is -1.65. The standard InChI is InChI=1S/C15H19F2NO2/c1-9-13(4-6-19-9)18-14-5-7-20-15(14)10-2-3-11(16)12(17)8-10/h2-3,8-9,13-15,18H,4-7H2,1H3/t9-,13-,14-,15+/m0/s1. The van der Waals surface area contributed by atoms with Crippen LogP contribution in [0.3, 0.4) is 0 Å². The Bertz CT molecular complexity index is 483. The molecular formula is C15H19F2NO2. The van der Waals surface area contributed by atoms with Crippen LogP contribution in [-0.2, 0) is 9.47 Å². The molecule has 2 saturated heterocycles. The average Bonchev–Trinajstić information content (AvgIpc) is 3.04. The van der Waals surface area contributed by atoms with Gasteiger partial charge in [0.25, 0.3) is 0 Å². The number of hydrogen-bond acceptors (Lipinski definition) is 3. The molecule has 0 unspecified atom stereocenters. The first-order valence-corrected chi connectivity index (χ1v) is 7.09. The summed E-state index contributed by atoms with van der Waals surface area (Å²) in [5.41, 5.74) is 0.686. The van der Waals surface area contributed by atoms with Gasteiger partial charge in [-0.3, -0.25) is 0 Å². The molecule has 5 heteroatoms. The third kappa shape index (κ3) is 2.71. The minimum atomic E-state index is -0.825. The van der Waals surface area contributed by atoms with Crippen molar-refractivity contribution in [3.05, 3.63) is 35.4 Å². The van der Waals surface area contributed by atoms with Crippen LogP contribution in [0, 0.1) is 11.6 Å².